The fourth-order valence-corrected chi connectivity index (χ4v) is 3.93. The first-order chi connectivity index (χ1) is 17.6. The van der Waals surface area contributed by atoms with Gasteiger partial charge in [0.1, 0.15) is 30.2 Å². The number of ether oxygens (including phenoxy) is 2. The van der Waals surface area contributed by atoms with E-state index in [9.17, 15) is 35.3 Å². The summed E-state index contributed by atoms with van der Waals surface area (Å²) < 4.78 is 10.5. The summed E-state index contributed by atoms with van der Waals surface area (Å²) >= 11 is 5.32. The van der Waals surface area contributed by atoms with E-state index in [4.69, 9.17) is 21.7 Å². The normalized spacial score (nSPS) is 23.4. The highest BCUT2D eigenvalue weighted by atomic mass is 32.1. The van der Waals surface area contributed by atoms with E-state index in [-0.39, 0.29) is 23.0 Å². The molecule has 5 atom stereocenters. The van der Waals surface area contributed by atoms with Gasteiger partial charge in [0, 0.05) is 18.2 Å². The van der Waals surface area contributed by atoms with Crippen LogP contribution in [0.5, 0.6) is 5.75 Å². The highest BCUT2D eigenvalue weighted by Crippen LogP contribution is 2.29. The molecule has 2 aromatic rings. The van der Waals surface area contributed by atoms with E-state index in [2.05, 4.69) is 10.6 Å². The fraction of sp³-hybridized carbons (Fsp3) is 0.333. The third kappa shape index (κ3) is 7.29. The van der Waals surface area contributed by atoms with Gasteiger partial charge < -0.3 is 40.5 Å². The summed E-state index contributed by atoms with van der Waals surface area (Å²) in [5, 5.41) is 56.1. The average molecular weight is 534 g/mol. The summed E-state index contributed by atoms with van der Waals surface area (Å²) in [6.07, 6.45) is -4.09. The Bertz CT molecular complexity index is 1170. The Hall–Kier alpha value is -3.46. The van der Waals surface area contributed by atoms with Crippen molar-refractivity contribution in [3.63, 3.8) is 0 Å². The second-order valence-corrected chi connectivity index (χ2v) is 8.63. The molecule has 3 rings (SSSR count). The Morgan fingerprint density at radius 1 is 1.14 bits per heavy atom. The van der Waals surface area contributed by atoms with E-state index in [1.54, 1.807) is 30.3 Å². The lowest BCUT2D eigenvalue weighted by Crippen LogP contribution is -2.58. The van der Waals surface area contributed by atoms with Gasteiger partial charge in [0.25, 0.3) is 5.69 Å². The molecule has 198 valence electrons. The van der Waals surface area contributed by atoms with Crippen LogP contribution in [0.3, 0.4) is 0 Å². The van der Waals surface area contributed by atoms with Crippen LogP contribution in [0.4, 0.5) is 17.1 Å². The van der Waals surface area contributed by atoms with Crippen LogP contribution in [0.25, 0.3) is 6.08 Å². The molecule has 0 bridgehead atoms. The maximum Gasteiger partial charge on any atom is 0.273 e. The molecule has 0 unspecified atom stereocenters. The van der Waals surface area contributed by atoms with Crippen LogP contribution in [-0.2, 0) is 9.53 Å². The molecule has 0 radical (unpaired) electrons. The summed E-state index contributed by atoms with van der Waals surface area (Å²) in [5.74, 6) is -0.155. The van der Waals surface area contributed by atoms with Crippen LogP contribution in [0, 0.1) is 10.1 Å². The highest BCUT2D eigenvalue weighted by Gasteiger charge is 2.43. The third-order valence-electron chi connectivity index (χ3n) is 5.64. The quantitative estimate of drug-likeness (QED) is 0.117. The van der Waals surface area contributed by atoms with E-state index < -0.39 is 47.8 Å². The number of aliphatic hydroxyl groups is 4. The predicted octanol–water partition coefficient (Wildman–Crippen LogP) is 1.23. The fourth-order valence-electron chi connectivity index (χ4n) is 3.70. The first-order valence-corrected chi connectivity index (χ1v) is 11.6. The Balaban J connectivity index is 1.60. The Kier molecular flexibility index (Phi) is 9.63. The van der Waals surface area contributed by atoms with Crippen LogP contribution in [0.1, 0.15) is 12.0 Å². The van der Waals surface area contributed by atoms with Crippen molar-refractivity contribution in [2.45, 2.75) is 36.9 Å². The van der Waals surface area contributed by atoms with Crippen molar-refractivity contribution in [2.24, 2.45) is 0 Å². The number of carbonyl (C=O) groups is 1. The number of ketones is 1. The molecule has 1 aliphatic rings. The van der Waals surface area contributed by atoms with Crippen LogP contribution in [-0.4, -0.2) is 80.5 Å². The Morgan fingerprint density at radius 3 is 2.54 bits per heavy atom. The minimum atomic E-state index is -1.54. The number of thiocarbonyl (C=S) groups is 1. The molecule has 0 amide bonds. The molecule has 12 nitrogen and oxygen atoms in total. The van der Waals surface area contributed by atoms with Crippen LogP contribution >= 0.6 is 12.2 Å². The first-order valence-electron chi connectivity index (χ1n) is 11.1. The molecule has 13 heteroatoms. The standard InChI is InChI=1S/C24H27N3O9S/c1-35-18-10-15(27(33)34)6-8-17(18)26-24(37)25-14-4-2-3-13(9-14)5-7-16(29)11-19-21(30)23(32)22(31)20(12-28)36-19/h2-10,19-23,28,30-32H,11-12H2,1H3,(H2,25,26,37)/b7-5+/t19-,20+,21-,22+,23+/m0/s1. The molecule has 2 aromatic carbocycles. The van der Waals surface area contributed by atoms with Gasteiger partial charge in [-0.2, -0.15) is 0 Å². The second-order valence-electron chi connectivity index (χ2n) is 8.22. The van der Waals surface area contributed by atoms with E-state index >= 15 is 0 Å². The first kappa shape index (κ1) is 28.1. The lowest BCUT2D eigenvalue weighted by molar-refractivity contribution is -0.384. The maximum atomic E-state index is 12.4. The van der Waals surface area contributed by atoms with Crippen molar-refractivity contribution >= 4 is 46.3 Å². The molecular weight excluding hydrogens is 506 g/mol. The van der Waals surface area contributed by atoms with Crippen molar-refractivity contribution in [3.8, 4) is 5.75 Å². The van der Waals surface area contributed by atoms with E-state index in [0.29, 0.717) is 16.9 Å². The zero-order chi connectivity index (χ0) is 27.1. The zero-order valence-corrected chi connectivity index (χ0v) is 20.5. The SMILES string of the molecule is COc1cc([N+](=O)[O-])ccc1NC(=S)Nc1cccc(/C=C/C(=O)C[C@@H]2O[C@H](CO)[C@@H](O)[C@H](O)[C@H]2O)c1. The summed E-state index contributed by atoms with van der Waals surface area (Å²) in [5.41, 5.74) is 1.56. The summed E-state index contributed by atoms with van der Waals surface area (Å²) in [7, 11) is 1.38. The van der Waals surface area contributed by atoms with Crippen molar-refractivity contribution < 1.29 is 39.6 Å². The van der Waals surface area contributed by atoms with Gasteiger partial charge in [-0.1, -0.05) is 18.2 Å². The number of nitro benzene ring substituents is 1. The highest BCUT2D eigenvalue weighted by molar-refractivity contribution is 7.80. The van der Waals surface area contributed by atoms with Crippen LogP contribution in [0.2, 0.25) is 0 Å². The number of anilines is 2. The minimum absolute atomic E-state index is 0.123. The molecule has 1 saturated heterocycles. The number of benzene rings is 2. The number of hydrogen-bond acceptors (Lipinski definition) is 10. The number of nitro groups is 1. The molecule has 0 spiro atoms. The van der Waals surface area contributed by atoms with Gasteiger partial charge >= 0.3 is 0 Å². The smallest absolute Gasteiger partial charge is 0.273 e. The number of rotatable bonds is 9. The van der Waals surface area contributed by atoms with Gasteiger partial charge in [-0.3, -0.25) is 14.9 Å². The third-order valence-corrected chi connectivity index (χ3v) is 5.85. The molecule has 37 heavy (non-hydrogen) atoms. The van der Waals surface area contributed by atoms with Gasteiger partial charge in [0.05, 0.1) is 36.5 Å². The predicted molar refractivity (Wildman–Crippen MR) is 138 cm³/mol. The Morgan fingerprint density at radius 2 is 1.86 bits per heavy atom. The Labute approximate surface area is 217 Å². The number of non-ortho nitro benzene ring substituents is 1. The minimum Gasteiger partial charge on any atom is -0.494 e. The lowest BCUT2D eigenvalue weighted by atomic mass is 9.92. The molecule has 0 saturated carbocycles. The number of allylic oxidation sites excluding steroid dienone is 1. The van der Waals surface area contributed by atoms with Gasteiger partial charge in [0.2, 0.25) is 0 Å². The van der Waals surface area contributed by atoms with E-state index in [1.165, 1.54) is 31.4 Å². The van der Waals surface area contributed by atoms with Gasteiger partial charge in [0.15, 0.2) is 10.9 Å². The molecule has 1 fully saturated rings. The summed E-state index contributed by atoms with van der Waals surface area (Å²) in [6, 6.07) is 11.0. The number of hydrogen-bond donors (Lipinski definition) is 6. The zero-order valence-electron chi connectivity index (χ0n) is 19.7. The van der Waals surface area contributed by atoms with Crippen molar-refractivity contribution in [2.75, 3.05) is 24.4 Å². The number of nitrogens with one attached hydrogen (secondary N) is 2. The monoisotopic (exact) mass is 533 g/mol. The van der Waals surface area contributed by atoms with Gasteiger partial charge in [-0.05, 0) is 42.1 Å². The molecule has 6 N–H and O–H groups in total. The molecule has 1 heterocycles. The molecular formula is C24H27N3O9S. The number of carbonyl (C=O) groups excluding carboxylic acids is 1. The van der Waals surface area contributed by atoms with Crippen molar-refractivity contribution in [3.05, 3.63) is 64.2 Å². The van der Waals surface area contributed by atoms with E-state index in [1.807, 2.05) is 0 Å². The largest absolute Gasteiger partial charge is 0.494 e. The number of nitrogens with zero attached hydrogens (tertiary/aromatic N) is 1. The number of aliphatic hydroxyl groups excluding tert-OH is 4. The second kappa shape index (κ2) is 12.7. The van der Waals surface area contributed by atoms with Crippen molar-refractivity contribution in [1.29, 1.82) is 0 Å². The number of methoxy groups -OCH3 is 1. The average Bonchev–Trinajstić information content (AvgIpc) is 2.88. The van der Waals surface area contributed by atoms with Gasteiger partial charge in [-0.25, -0.2) is 0 Å². The molecule has 0 aliphatic carbocycles. The maximum absolute atomic E-state index is 12.4. The molecule has 0 aromatic heterocycles. The van der Waals surface area contributed by atoms with Gasteiger partial charge in [-0.15, -0.1) is 0 Å². The topological polar surface area (TPSA) is 184 Å². The summed E-state index contributed by atoms with van der Waals surface area (Å²) in [6.45, 7) is -0.570. The van der Waals surface area contributed by atoms with Crippen LogP contribution < -0.4 is 15.4 Å². The lowest BCUT2D eigenvalue weighted by Gasteiger charge is -2.39. The summed E-state index contributed by atoms with van der Waals surface area (Å²) in [4.78, 5) is 22.8. The van der Waals surface area contributed by atoms with Crippen LogP contribution in [0.15, 0.2) is 48.5 Å². The van der Waals surface area contributed by atoms with E-state index in [0.717, 1.165) is 0 Å². The molecule has 1 aliphatic heterocycles. The van der Waals surface area contributed by atoms with Crippen molar-refractivity contribution in [1.82, 2.24) is 0 Å².